The third-order valence-electron chi connectivity index (χ3n) is 2.96. The van der Waals surface area contributed by atoms with Gasteiger partial charge in [0.05, 0.1) is 36.8 Å². The number of carbonyl (C=O) groups excluding carboxylic acids is 1. The molecular formula is C13H16N4O5. The molecule has 0 saturated heterocycles. The molecule has 118 valence electrons. The summed E-state index contributed by atoms with van der Waals surface area (Å²) in [5.74, 6) is 0.129. The standard InChI is InChI=1S/C13H16N4O5/c1-21-8-6-15(9-11-3-2-7-22-11)13(18)10-16-5-4-12(14-16)17(19)20/h2-5,7H,6,8-10H2,1H3. The number of amides is 1. The summed E-state index contributed by atoms with van der Waals surface area (Å²) >= 11 is 0. The molecule has 0 saturated carbocycles. The van der Waals surface area contributed by atoms with Gasteiger partial charge in [-0.05, 0) is 17.1 Å². The summed E-state index contributed by atoms with van der Waals surface area (Å²) in [5.41, 5.74) is 0. The van der Waals surface area contributed by atoms with Crippen LogP contribution in [0.4, 0.5) is 5.82 Å². The van der Waals surface area contributed by atoms with Crippen LogP contribution in [0.15, 0.2) is 35.1 Å². The van der Waals surface area contributed by atoms with Crippen molar-refractivity contribution in [3.05, 3.63) is 46.5 Å². The highest BCUT2D eigenvalue weighted by molar-refractivity contribution is 5.75. The summed E-state index contributed by atoms with van der Waals surface area (Å²) in [6.07, 6.45) is 2.93. The van der Waals surface area contributed by atoms with E-state index in [2.05, 4.69) is 5.10 Å². The number of ether oxygens (including phenoxy) is 1. The fraction of sp³-hybridized carbons (Fsp3) is 0.385. The third kappa shape index (κ3) is 4.16. The Labute approximate surface area is 126 Å². The first-order chi connectivity index (χ1) is 10.6. The minimum absolute atomic E-state index is 0.0851. The number of nitro groups is 1. The predicted octanol–water partition coefficient (Wildman–Crippen LogP) is 1.06. The lowest BCUT2D eigenvalue weighted by Gasteiger charge is -2.20. The van der Waals surface area contributed by atoms with E-state index in [4.69, 9.17) is 9.15 Å². The van der Waals surface area contributed by atoms with E-state index in [1.165, 1.54) is 23.2 Å². The van der Waals surface area contributed by atoms with Gasteiger partial charge in [-0.3, -0.25) is 4.79 Å². The zero-order chi connectivity index (χ0) is 15.9. The van der Waals surface area contributed by atoms with Crippen LogP contribution in [0.5, 0.6) is 0 Å². The molecule has 0 bridgehead atoms. The largest absolute Gasteiger partial charge is 0.467 e. The molecule has 1 amide bonds. The Bertz CT molecular complexity index is 622. The van der Waals surface area contributed by atoms with Gasteiger partial charge in [-0.1, -0.05) is 0 Å². The molecule has 2 heterocycles. The summed E-state index contributed by atoms with van der Waals surface area (Å²) in [5, 5.41) is 14.3. The average molecular weight is 308 g/mol. The van der Waals surface area contributed by atoms with Gasteiger partial charge in [0.15, 0.2) is 0 Å². The quantitative estimate of drug-likeness (QED) is 0.533. The van der Waals surface area contributed by atoms with Crippen LogP contribution in [0, 0.1) is 10.1 Å². The SMILES string of the molecule is COCCN(Cc1ccco1)C(=O)Cn1ccc([N+](=O)[O-])n1. The van der Waals surface area contributed by atoms with Crippen molar-refractivity contribution in [2.75, 3.05) is 20.3 Å². The molecule has 0 aliphatic carbocycles. The number of rotatable bonds is 8. The Morgan fingerprint density at radius 2 is 2.36 bits per heavy atom. The monoisotopic (exact) mass is 308 g/mol. The van der Waals surface area contributed by atoms with Crippen molar-refractivity contribution >= 4 is 11.7 Å². The van der Waals surface area contributed by atoms with Crippen LogP contribution in [-0.4, -0.2) is 45.8 Å². The van der Waals surface area contributed by atoms with Crippen molar-refractivity contribution in [3.8, 4) is 0 Å². The number of hydrogen-bond acceptors (Lipinski definition) is 6. The second kappa shape index (κ2) is 7.36. The molecule has 2 aromatic heterocycles. The first kappa shape index (κ1) is 15.7. The van der Waals surface area contributed by atoms with Crippen molar-refractivity contribution in [1.29, 1.82) is 0 Å². The van der Waals surface area contributed by atoms with Gasteiger partial charge in [0.25, 0.3) is 0 Å². The van der Waals surface area contributed by atoms with E-state index in [1.807, 2.05) is 0 Å². The van der Waals surface area contributed by atoms with Crippen LogP contribution in [0.2, 0.25) is 0 Å². The van der Waals surface area contributed by atoms with Crippen LogP contribution in [0.25, 0.3) is 0 Å². The fourth-order valence-electron chi connectivity index (χ4n) is 1.86. The Hall–Kier alpha value is -2.68. The maximum atomic E-state index is 12.3. The molecule has 0 unspecified atom stereocenters. The van der Waals surface area contributed by atoms with Crippen LogP contribution in [-0.2, 0) is 22.6 Å². The van der Waals surface area contributed by atoms with Gasteiger partial charge in [0, 0.05) is 13.7 Å². The Kier molecular flexibility index (Phi) is 5.26. The van der Waals surface area contributed by atoms with Crippen LogP contribution >= 0.6 is 0 Å². The summed E-state index contributed by atoms with van der Waals surface area (Å²) in [6.45, 7) is 0.988. The van der Waals surface area contributed by atoms with Gasteiger partial charge in [0.2, 0.25) is 5.91 Å². The molecule has 0 N–H and O–H groups in total. The zero-order valence-electron chi connectivity index (χ0n) is 12.0. The molecule has 0 aliphatic heterocycles. The average Bonchev–Trinajstić information content (AvgIpc) is 3.14. The number of methoxy groups -OCH3 is 1. The van der Waals surface area contributed by atoms with Crippen molar-refractivity contribution in [2.45, 2.75) is 13.1 Å². The lowest BCUT2D eigenvalue weighted by atomic mass is 10.3. The van der Waals surface area contributed by atoms with Crippen LogP contribution in [0.3, 0.4) is 0 Å². The predicted molar refractivity (Wildman–Crippen MR) is 74.9 cm³/mol. The minimum atomic E-state index is -0.605. The van der Waals surface area contributed by atoms with Crippen molar-refractivity contribution in [2.24, 2.45) is 0 Å². The lowest BCUT2D eigenvalue weighted by Crippen LogP contribution is -2.35. The van der Waals surface area contributed by atoms with E-state index >= 15 is 0 Å². The molecule has 22 heavy (non-hydrogen) atoms. The van der Waals surface area contributed by atoms with E-state index in [-0.39, 0.29) is 18.3 Å². The van der Waals surface area contributed by atoms with Crippen molar-refractivity contribution in [1.82, 2.24) is 14.7 Å². The van der Waals surface area contributed by atoms with Crippen LogP contribution < -0.4 is 0 Å². The molecule has 9 nitrogen and oxygen atoms in total. The summed E-state index contributed by atoms with van der Waals surface area (Å²) in [6, 6.07) is 4.76. The molecule has 0 aliphatic rings. The highest BCUT2D eigenvalue weighted by Gasteiger charge is 2.19. The number of nitrogens with zero attached hydrogens (tertiary/aromatic N) is 4. The van der Waals surface area contributed by atoms with Crippen LogP contribution in [0.1, 0.15) is 5.76 Å². The molecular weight excluding hydrogens is 292 g/mol. The maximum absolute atomic E-state index is 12.3. The molecule has 0 radical (unpaired) electrons. The molecule has 0 fully saturated rings. The normalized spacial score (nSPS) is 10.6. The number of hydrogen-bond donors (Lipinski definition) is 0. The van der Waals surface area contributed by atoms with E-state index in [1.54, 1.807) is 24.1 Å². The summed E-state index contributed by atoms with van der Waals surface area (Å²) < 4.78 is 11.5. The third-order valence-corrected chi connectivity index (χ3v) is 2.96. The van der Waals surface area contributed by atoms with E-state index in [0.717, 1.165) is 0 Å². The second-order valence-corrected chi connectivity index (χ2v) is 4.52. The zero-order valence-corrected chi connectivity index (χ0v) is 12.0. The first-order valence-electron chi connectivity index (χ1n) is 6.57. The van der Waals surface area contributed by atoms with E-state index in [9.17, 15) is 14.9 Å². The number of carbonyl (C=O) groups is 1. The van der Waals surface area contributed by atoms with E-state index in [0.29, 0.717) is 25.5 Å². The molecule has 9 heteroatoms. The summed E-state index contributed by atoms with van der Waals surface area (Å²) in [7, 11) is 1.55. The molecule has 0 aromatic carbocycles. The van der Waals surface area contributed by atoms with Gasteiger partial charge in [-0.15, -0.1) is 0 Å². The minimum Gasteiger partial charge on any atom is -0.467 e. The van der Waals surface area contributed by atoms with Crippen molar-refractivity contribution < 1.29 is 18.9 Å². The number of aromatic nitrogens is 2. The highest BCUT2D eigenvalue weighted by Crippen LogP contribution is 2.08. The Balaban J connectivity index is 2.01. The van der Waals surface area contributed by atoms with Gasteiger partial charge >= 0.3 is 5.82 Å². The molecule has 0 atom stereocenters. The lowest BCUT2D eigenvalue weighted by molar-refractivity contribution is -0.389. The smallest absolute Gasteiger partial charge is 0.389 e. The Morgan fingerprint density at radius 3 is 2.95 bits per heavy atom. The highest BCUT2D eigenvalue weighted by atomic mass is 16.6. The fourth-order valence-corrected chi connectivity index (χ4v) is 1.86. The molecule has 2 aromatic rings. The molecule has 2 rings (SSSR count). The number of furan rings is 1. The molecule has 0 spiro atoms. The Morgan fingerprint density at radius 1 is 1.55 bits per heavy atom. The van der Waals surface area contributed by atoms with Gasteiger partial charge in [-0.2, -0.15) is 4.68 Å². The maximum Gasteiger partial charge on any atom is 0.389 e. The van der Waals surface area contributed by atoms with E-state index < -0.39 is 4.92 Å². The first-order valence-corrected chi connectivity index (χ1v) is 6.57. The van der Waals surface area contributed by atoms with Gasteiger partial charge in [-0.25, -0.2) is 0 Å². The van der Waals surface area contributed by atoms with Crippen molar-refractivity contribution in [3.63, 3.8) is 0 Å². The van der Waals surface area contributed by atoms with Gasteiger partial charge < -0.3 is 24.2 Å². The second-order valence-electron chi connectivity index (χ2n) is 4.52. The summed E-state index contributed by atoms with van der Waals surface area (Å²) in [4.78, 5) is 23.9. The topological polar surface area (TPSA) is 104 Å². The van der Waals surface area contributed by atoms with Gasteiger partial charge in [0.1, 0.15) is 12.3 Å².